The second-order valence-corrected chi connectivity index (χ2v) is 8.27. The Hall–Kier alpha value is -3.56. The van der Waals surface area contributed by atoms with Crippen molar-refractivity contribution in [1.82, 2.24) is 9.80 Å². The minimum absolute atomic E-state index is 0.0775. The molecule has 0 saturated carbocycles. The van der Waals surface area contributed by atoms with Crippen LogP contribution in [-0.4, -0.2) is 67.4 Å². The molecule has 0 spiro atoms. The fourth-order valence-electron chi connectivity index (χ4n) is 4.38. The van der Waals surface area contributed by atoms with E-state index in [9.17, 15) is 27.6 Å². The highest BCUT2D eigenvalue weighted by Gasteiger charge is 2.39. The van der Waals surface area contributed by atoms with Crippen molar-refractivity contribution >= 4 is 23.4 Å². The van der Waals surface area contributed by atoms with E-state index in [1.807, 2.05) is 0 Å². The van der Waals surface area contributed by atoms with Gasteiger partial charge in [-0.3, -0.25) is 14.4 Å². The van der Waals surface area contributed by atoms with Crippen molar-refractivity contribution in [3.8, 4) is 5.75 Å². The summed E-state index contributed by atoms with van der Waals surface area (Å²) in [4.78, 5) is 42.8. The number of amides is 3. The molecule has 7 nitrogen and oxygen atoms in total. The van der Waals surface area contributed by atoms with Gasteiger partial charge in [0.1, 0.15) is 5.75 Å². The molecule has 2 fully saturated rings. The van der Waals surface area contributed by atoms with Crippen LogP contribution in [0.2, 0.25) is 0 Å². The number of piperazine rings is 1. The minimum atomic E-state index is -4.63. The Labute approximate surface area is 194 Å². The van der Waals surface area contributed by atoms with Crippen LogP contribution in [0.3, 0.4) is 0 Å². The summed E-state index contributed by atoms with van der Waals surface area (Å²) in [6.07, 6.45) is -4.55. The minimum Gasteiger partial charge on any atom is -0.497 e. The Morgan fingerprint density at radius 2 is 1.65 bits per heavy atom. The number of hydrogen-bond donors (Lipinski definition) is 0. The molecule has 2 saturated heterocycles. The van der Waals surface area contributed by atoms with Crippen molar-refractivity contribution in [3.05, 3.63) is 59.7 Å². The fourth-order valence-corrected chi connectivity index (χ4v) is 4.38. The summed E-state index contributed by atoms with van der Waals surface area (Å²) < 4.78 is 45.0. The third kappa shape index (κ3) is 4.71. The summed E-state index contributed by atoms with van der Waals surface area (Å²) in [5.74, 6) is -0.981. The Morgan fingerprint density at radius 3 is 2.32 bits per heavy atom. The first-order valence-electron chi connectivity index (χ1n) is 10.9. The maximum atomic E-state index is 13.3. The van der Waals surface area contributed by atoms with Gasteiger partial charge in [-0.2, -0.15) is 13.2 Å². The first-order chi connectivity index (χ1) is 16.2. The SMILES string of the molecule is COc1cccc(N2CC(C(=O)N3CCN(C(=O)c4ccccc4C(F)(F)F)CC3)CC2=O)c1. The molecule has 4 rings (SSSR count). The molecule has 2 heterocycles. The van der Waals surface area contributed by atoms with Crippen LogP contribution in [0.4, 0.5) is 18.9 Å². The summed E-state index contributed by atoms with van der Waals surface area (Å²) in [6.45, 7) is 0.877. The van der Waals surface area contributed by atoms with Gasteiger partial charge in [0, 0.05) is 50.9 Å². The molecule has 0 radical (unpaired) electrons. The predicted molar refractivity (Wildman–Crippen MR) is 117 cm³/mol. The van der Waals surface area contributed by atoms with Gasteiger partial charge in [0.15, 0.2) is 0 Å². The molecule has 34 heavy (non-hydrogen) atoms. The smallest absolute Gasteiger partial charge is 0.417 e. The van der Waals surface area contributed by atoms with Gasteiger partial charge in [0.2, 0.25) is 11.8 Å². The molecule has 2 aliphatic heterocycles. The summed E-state index contributed by atoms with van der Waals surface area (Å²) in [7, 11) is 1.53. The Balaban J connectivity index is 1.38. The van der Waals surface area contributed by atoms with Crippen LogP contribution in [0.25, 0.3) is 0 Å². The number of carbonyl (C=O) groups is 3. The van der Waals surface area contributed by atoms with E-state index >= 15 is 0 Å². The Morgan fingerprint density at radius 1 is 0.971 bits per heavy atom. The second kappa shape index (κ2) is 9.36. The van der Waals surface area contributed by atoms with Gasteiger partial charge < -0.3 is 19.4 Å². The molecule has 0 bridgehead atoms. The number of carbonyl (C=O) groups excluding carboxylic acids is 3. The van der Waals surface area contributed by atoms with Crippen molar-refractivity contribution in [2.24, 2.45) is 5.92 Å². The van der Waals surface area contributed by atoms with Crippen LogP contribution in [0, 0.1) is 5.92 Å². The number of ether oxygens (including phenoxy) is 1. The van der Waals surface area contributed by atoms with Crippen LogP contribution < -0.4 is 9.64 Å². The van der Waals surface area contributed by atoms with Crippen molar-refractivity contribution < 1.29 is 32.3 Å². The van der Waals surface area contributed by atoms with Gasteiger partial charge in [-0.05, 0) is 24.3 Å². The van der Waals surface area contributed by atoms with E-state index < -0.39 is 29.1 Å². The largest absolute Gasteiger partial charge is 0.497 e. The third-order valence-electron chi connectivity index (χ3n) is 6.18. The number of alkyl halides is 3. The van der Waals surface area contributed by atoms with Gasteiger partial charge >= 0.3 is 6.18 Å². The number of rotatable bonds is 4. The standard InChI is InChI=1S/C24H24F3N3O4/c1-34-18-6-4-5-17(14-18)30-15-16(13-21(30)31)22(32)28-9-11-29(12-10-28)23(33)19-7-2-3-8-20(19)24(25,26)27/h2-8,14,16H,9-13,15H2,1H3. The van der Waals surface area contributed by atoms with Crippen LogP contribution >= 0.6 is 0 Å². The molecule has 0 aromatic heterocycles. The molecule has 10 heteroatoms. The quantitative estimate of drug-likeness (QED) is 0.682. The molecule has 2 aromatic carbocycles. The molecular weight excluding hydrogens is 451 g/mol. The monoisotopic (exact) mass is 475 g/mol. The zero-order chi connectivity index (χ0) is 24.5. The summed E-state index contributed by atoms with van der Waals surface area (Å²) in [5.41, 5.74) is -0.718. The molecule has 1 unspecified atom stereocenters. The van der Waals surface area contributed by atoms with Crippen LogP contribution in [-0.2, 0) is 15.8 Å². The topological polar surface area (TPSA) is 70.2 Å². The van der Waals surface area contributed by atoms with E-state index in [0.29, 0.717) is 11.4 Å². The highest BCUT2D eigenvalue weighted by Crippen LogP contribution is 2.33. The van der Waals surface area contributed by atoms with Crippen LogP contribution in [0.1, 0.15) is 22.3 Å². The van der Waals surface area contributed by atoms with Crippen molar-refractivity contribution in [2.75, 3.05) is 44.7 Å². The van der Waals surface area contributed by atoms with E-state index in [0.717, 1.165) is 6.07 Å². The first kappa shape index (κ1) is 23.6. The van der Waals surface area contributed by atoms with Crippen molar-refractivity contribution in [2.45, 2.75) is 12.6 Å². The number of nitrogens with zero attached hydrogens (tertiary/aromatic N) is 3. The highest BCUT2D eigenvalue weighted by molar-refractivity contribution is 6.00. The molecule has 0 aliphatic carbocycles. The van der Waals surface area contributed by atoms with Crippen LogP contribution in [0.5, 0.6) is 5.75 Å². The lowest BCUT2D eigenvalue weighted by atomic mass is 10.0. The van der Waals surface area contributed by atoms with E-state index in [-0.39, 0.29) is 51.0 Å². The van der Waals surface area contributed by atoms with Gasteiger partial charge in [-0.15, -0.1) is 0 Å². The summed E-state index contributed by atoms with van der Waals surface area (Å²) in [5, 5.41) is 0. The van der Waals surface area contributed by atoms with Crippen LogP contribution in [0.15, 0.2) is 48.5 Å². The Bertz CT molecular complexity index is 1100. The highest BCUT2D eigenvalue weighted by atomic mass is 19.4. The van der Waals surface area contributed by atoms with E-state index in [1.54, 1.807) is 34.1 Å². The normalized spacial score (nSPS) is 18.9. The van der Waals surface area contributed by atoms with Gasteiger partial charge in [-0.1, -0.05) is 18.2 Å². The molecular formula is C24H24F3N3O4. The molecule has 1 atom stereocenters. The number of methoxy groups -OCH3 is 1. The average Bonchev–Trinajstić information content (AvgIpc) is 3.24. The maximum absolute atomic E-state index is 13.3. The molecule has 2 aromatic rings. The summed E-state index contributed by atoms with van der Waals surface area (Å²) in [6, 6.07) is 11.7. The van der Waals surface area contributed by atoms with Crippen molar-refractivity contribution in [3.63, 3.8) is 0 Å². The summed E-state index contributed by atoms with van der Waals surface area (Å²) >= 11 is 0. The lowest BCUT2D eigenvalue weighted by Gasteiger charge is -2.36. The molecule has 180 valence electrons. The van der Waals surface area contributed by atoms with E-state index in [1.165, 1.54) is 30.2 Å². The number of benzene rings is 2. The van der Waals surface area contributed by atoms with E-state index in [4.69, 9.17) is 4.74 Å². The predicted octanol–water partition coefficient (Wildman–Crippen LogP) is 3.05. The zero-order valence-electron chi connectivity index (χ0n) is 18.5. The fraction of sp³-hybridized carbons (Fsp3) is 0.375. The lowest BCUT2D eigenvalue weighted by molar-refractivity contribution is -0.138. The lowest BCUT2D eigenvalue weighted by Crippen LogP contribution is -2.52. The second-order valence-electron chi connectivity index (χ2n) is 8.27. The Kier molecular flexibility index (Phi) is 6.49. The number of anilines is 1. The number of hydrogen-bond acceptors (Lipinski definition) is 4. The van der Waals surface area contributed by atoms with Gasteiger partial charge in [0.25, 0.3) is 5.91 Å². The molecule has 2 aliphatic rings. The first-order valence-corrected chi connectivity index (χ1v) is 10.9. The van der Waals surface area contributed by atoms with E-state index in [2.05, 4.69) is 0 Å². The van der Waals surface area contributed by atoms with Crippen molar-refractivity contribution in [1.29, 1.82) is 0 Å². The zero-order valence-corrected chi connectivity index (χ0v) is 18.5. The molecule has 0 N–H and O–H groups in total. The van der Waals surface area contributed by atoms with Gasteiger partial charge in [-0.25, -0.2) is 0 Å². The molecule has 3 amide bonds. The maximum Gasteiger partial charge on any atom is 0.417 e. The average molecular weight is 475 g/mol. The van der Waals surface area contributed by atoms with Gasteiger partial charge in [0.05, 0.1) is 24.2 Å². The third-order valence-corrected chi connectivity index (χ3v) is 6.18. The number of halogens is 3.